The molecular weight excluding hydrogens is 432 g/mol. The Kier molecular flexibility index (Phi) is 5.45. The number of methoxy groups -OCH3 is 1. The van der Waals surface area contributed by atoms with Crippen LogP contribution < -0.4 is 5.56 Å². The Hall–Kier alpha value is -2.42. The second kappa shape index (κ2) is 8.26. The molecule has 8 heteroatoms. The highest BCUT2D eigenvalue weighted by Gasteiger charge is 2.24. The van der Waals surface area contributed by atoms with E-state index in [2.05, 4.69) is 0 Å². The molecule has 3 heterocycles. The molecule has 0 unspecified atom stereocenters. The highest BCUT2D eigenvalue weighted by Crippen LogP contribution is 2.36. The topological polar surface area (TPSA) is 74.3 Å². The number of aryl methyl sites for hydroxylation is 3. The van der Waals surface area contributed by atoms with Crippen LogP contribution in [0.1, 0.15) is 33.0 Å². The molecule has 4 aromatic rings. The van der Waals surface area contributed by atoms with Crippen LogP contribution in [-0.2, 0) is 24.1 Å². The van der Waals surface area contributed by atoms with E-state index >= 15 is 0 Å². The molecule has 31 heavy (non-hydrogen) atoms. The number of hydrogen-bond acceptors (Lipinski definition) is 7. The Morgan fingerprint density at radius 3 is 2.97 bits per heavy atom. The van der Waals surface area contributed by atoms with Gasteiger partial charge < -0.3 is 9.15 Å². The first-order chi connectivity index (χ1) is 15.1. The van der Waals surface area contributed by atoms with Crippen molar-refractivity contribution in [1.29, 1.82) is 0 Å². The van der Waals surface area contributed by atoms with E-state index in [0.717, 1.165) is 46.0 Å². The summed E-state index contributed by atoms with van der Waals surface area (Å²) in [6.45, 7) is 2.71. The summed E-state index contributed by atoms with van der Waals surface area (Å²) in [6, 6.07) is 7.63. The van der Waals surface area contributed by atoms with Gasteiger partial charge in [-0.3, -0.25) is 14.2 Å². The first-order valence-corrected chi connectivity index (χ1v) is 12.1. The standard InChI is InChI=1S/C23H22N2O4S2/c1-13-14-6-3-4-8-17(14)29-20(13)16(26)12-30-23-24-21-19(15-7-5-9-18(15)31-21)22(27)25(23)10-11-28-2/h3-4,6,8H,5,7,9-12H2,1-2H3. The molecule has 0 saturated carbocycles. The predicted octanol–water partition coefficient (Wildman–Crippen LogP) is 4.62. The second-order valence-corrected chi connectivity index (χ2v) is 9.67. The summed E-state index contributed by atoms with van der Waals surface area (Å²) in [6.07, 6.45) is 3.05. The van der Waals surface area contributed by atoms with Crippen molar-refractivity contribution in [2.24, 2.45) is 0 Å². The number of thioether (sulfide) groups is 1. The molecule has 0 spiro atoms. The molecule has 5 rings (SSSR count). The number of carbonyl (C=O) groups is 1. The minimum atomic E-state index is -0.111. The van der Waals surface area contributed by atoms with Crippen LogP contribution in [0.3, 0.4) is 0 Å². The van der Waals surface area contributed by atoms with Gasteiger partial charge in [0.05, 0.1) is 24.3 Å². The number of para-hydroxylation sites is 1. The molecule has 0 bridgehead atoms. The van der Waals surface area contributed by atoms with E-state index in [4.69, 9.17) is 14.1 Å². The van der Waals surface area contributed by atoms with Gasteiger partial charge in [-0.05, 0) is 37.8 Å². The molecule has 0 saturated heterocycles. The van der Waals surface area contributed by atoms with Crippen molar-refractivity contribution in [2.45, 2.75) is 37.9 Å². The number of aromatic nitrogens is 2. The lowest BCUT2D eigenvalue weighted by Crippen LogP contribution is -2.25. The van der Waals surface area contributed by atoms with Gasteiger partial charge in [0.2, 0.25) is 5.78 Å². The van der Waals surface area contributed by atoms with E-state index in [9.17, 15) is 9.59 Å². The molecular formula is C23H22N2O4S2. The minimum Gasteiger partial charge on any atom is -0.453 e. The quantitative estimate of drug-likeness (QED) is 0.230. The molecule has 3 aromatic heterocycles. The zero-order chi connectivity index (χ0) is 21.5. The van der Waals surface area contributed by atoms with Crippen LogP contribution in [0.5, 0.6) is 0 Å². The third kappa shape index (κ3) is 3.52. The molecule has 0 aliphatic heterocycles. The third-order valence-corrected chi connectivity index (χ3v) is 7.90. The SMILES string of the molecule is COCCn1c(SCC(=O)c2oc3ccccc3c2C)nc2sc3c(c2c1=O)CCC3. The lowest BCUT2D eigenvalue weighted by atomic mass is 10.1. The van der Waals surface area contributed by atoms with Crippen LogP contribution in [0.2, 0.25) is 0 Å². The van der Waals surface area contributed by atoms with Crippen molar-refractivity contribution in [3.63, 3.8) is 0 Å². The van der Waals surface area contributed by atoms with Gasteiger partial charge in [0.1, 0.15) is 10.4 Å². The van der Waals surface area contributed by atoms with Crippen LogP contribution in [0.25, 0.3) is 21.2 Å². The predicted molar refractivity (Wildman–Crippen MR) is 124 cm³/mol. The number of benzene rings is 1. The smallest absolute Gasteiger partial charge is 0.263 e. The monoisotopic (exact) mass is 454 g/mol. The van der Waals surface area contributed by atoms with E-state index in [1.165, 1.54) is 16.6 Å². The molecule has 0 N–H and O–H groups in total. The second-order valence-electron chi connectivity index (χ2n) is 7.65. The molecule has 6 nitrogen and oxygen atoms in total. The van der Waals surface area contributed by atoms with E-state index in [-0.39, 0.29) is 17.1 Å². The largest absolute Gasteiger partial charge is 0.453 e. The van der Waals surface area contributed by atoms with Gasteiger partial charge in [-0.15, -0.1) is 11.3 Å². The fourth-order valence-corrected chi connectivity index (χ4v) is 6.37. The highest BCUT2D eigenvalue weighted by atomic mass is 32.2. The normalized spacial score (nSPS) is 13.4. The number of nitrogens with zero attached hydrogens (tertiary/aromatic N) is 2. The number of ether oxygens (including phenoxy) is 1. The maximum Gasteiger partial charge on any atom is 0.263 e. The van der Waals surface area contributed by atoms with Crippen molar-refractivity contribution in [3.05, 3.63) is 56.4 Å². The summed E-state index contributed by atoms with van der Waals surface area (Å²) >= 11 is 2.89. The van der Waals surface area contributed by atoms with E-state index < -0.39 is 0 Å². The number of rotatable bonds is 7. The van der Waals surface area contributed by atoms with Crippen molar-refractivity contribution in [1.82, 2.24) is 9.55 Å². The molecule has 1 aliphatic rings. The molecule has 0 atom stereocenters. The maximum atomic E-state index is 13.3. The lowest BCUT2D eigenvalue weighted by molar-refractivity contribution is 0.0993. The van der Waals surface area contributed by atoms with Gasteiger partial charge in [0.15, 0.2) is 10.9 Å². The number of fused-ring (bicyclic) bond motifs is 4. The van der Waals surface area contributed by atoms with Crippen molar-refractivity contribution < 1.29 is 13.9 Å². The third-order valence-electron chi connectivity index (χ3n) is 5.74. The van der Waals surface area contributed by atoms with E-state index in [1.54, 1.807) is 23.0 Å². The summed E-state index contributed by atoms with van der Waals surface area (Å²) in [7, 11) is 1.61. The van der Waals surface area contributed by atoms with Gasteiger partial charge in [0.25, 0.3) is 5.56 Å². The maximum absolute atomic E-state index is 13.3. The van der Waals surface area contributed by atoms with Crippen molar-refractivity contribution >= 4 is 50.1 Å². The summed E-state index contributed by atoms with van der Waals surface area (Å²) in [5.41, 5.74) is 2.68. The Morgan fingerprint density at radius 1 is 1.32 bits per heavy atom. The van der Waals surface area contributed by atoms with Crippen LogP contribution >= 0.6 is 23.1 Å². The fraction of sp³-hybridized carbons (Fsp3) is 0.348. The zero-order valence-electron chi connectivity index (χ0n) is 17.4. The number of thiophene rings is 1. The number of furan rings is 1. The number of ketones is 1. The molecule has 1 aromatic carbocycles. The van der Waals surface area contributed by atoms with Crippen LogP contribution in [0.15, 0.2) is 38.6 Å². The van der Waals surface area contributed by atoms with Gasteiger partial charge in [-0.2, -0.15) is 0 Å². The molecule has 0 fully saturated rings. The average Bonchev–Trinajstić information content (AvgIpc) is 3.45. The molecule has 0 radical (unpaired) electrons. The van der Waals surface area contributed by atoms with E-state index in [0.29, 0.717) is 29.7 Å². The Balaban J connectivity index is 1.48. The first kappa shape index (κ1) is 20.5. The van der Waals surface area contributed by atoms with Gasteiger partial charge in [0, 0.05) is 22.9 Å². The number of carbonyl (C=O) groups excluding carboxylic acids is 1. The van der Waals surface area contributed by atoms with Crippen LogP contribution in [0, 0.1) is 6.92 Å². The van der Waals surface area contributed by atoms with Gasteiger partial charge in [-0.25, -0.2) is 4.98 Å². The Morgan fingerprint density at radius 2 is 2.16 bits per heavy atom. The van der Waals surface area contributed by atoms with Crippen LogP contribution in [0.4, 0.5) is 0 Å². The van der Waals surface area contributed by atoms with Crippen molar-refractivity contribution in [2.75, 3.05) is 19.5 Å². The summed E-state index contributed by atoms with van der Waals surface area (Å²) < 4.78 is 12.7. The number of hydrogen-bond donors (Lipinski definition) is 0. The molecule has 0 amide bonds. The van der Waals surface area contributed by atoms with Gasteiger partial charge >= 0.3 is 0 Å². The molecule has 1 aliphatic carbocycles. The zero-order valence-corrected chi connectivity index (χ0v) is 19.0. The minimum absolute atomic E-state index is 0.0312. The molecule has 160 valence electrons. The van der Waals surface area contributed by atoms with Crippen LogP contribution in [-0.4, -0.2) is 34.8 Å². The Bertz CT molecular complexity index is 1370. The van der Waals surface area contributed by atoms with Crippen molar-refractivity contribution in [3.8, 4) is 0 Å². The summed E-state index contributed by atoms with van der Waals surface area (Å²) in [4.78, 5) is 33.1. The average molecular weight is 455 g/mol. The Labute approximate surface area is 187 Å². The fourth-order valence-electron chi connectivity index (χ4n) is 4.18. The van der Waals surface area contributed by atoms with Gasteiger partial charge in [-0.1, -0.05) is 30.0 Å². The number of Topliss-reactive ketones (excluding diaryl/α,β-unsaturated/α-hetero) is 1. The highest BCUT2D eigenvalue weighted by molar-refractivity contribution is 7.99. The first-order valence-electron chi connectivity index (χ1n) is 10.3. The summed E-state index contributed by atoms with van der Waals surface area (Å²) in [5.74, 6) is 0.409. The summed E-state index contributed by atoms with van der Waals surface area (Å²) in [5, 5.41) is 2.24. The lowest BCUT2D eigenvalue weighted by Gasteiger charge is -2.11. The van der Waals surface area contributed by atoms with E-state index in [1.807, 2.05) is 31.2 Å².